The Bertz CT molecular complexity index is 573. The van der Waals surface area contributed by atoms with Crippen molar-refractivity contribution in [3.63, 3.8) is 0 Å². The molecule has 0 heterocycles. The fourth-order valence-electron chi connectivity index (χ4n) is 2.69. The molecule has 3 nitrogen and oxygen atoms in total. The van der Waals surface area contributed by atoms with Crippen LogP contribution in [0.2, 0.25) is 0 Å². The lowest BCUT2D eigenvalue weighted by Gasteiger charge is -2.26. The van der Waals surface area contributed by atoms with Crippen LogP contribution in [0.3, 0.4) is 0 Å². The van der Waals surface area contributed by atoms with Crippen molar-refractivity contribution in [2.24, 2.45) is 11.7 Å². The molecule has 2 unspecified atom stereocenters. The Morgan fingerprint density at radius 1 is 1.29 bits per heavy atom. The normalized spacial score (nSPS) is 20.2. The molecule has 0 aromatic heterocycles. The van der Waals surface area contributed by atoms with Crippen LogP contribution in [0.15, 0.2) is 24.3 Å². The Labute approximate surface area is 146 Å². The van der Waals surface area contributed by atoms with Gasteiger partial charge in [-0.1, -0.05) is 32.0 Å². The molecule has 1 fully saturated rings. The highest BCUT2D eigenvalue weighted by atomic mass is 35.5. The summed E-state index contributed by atoms with van der Waals surface area (Å²) in [6.45, 7) is 4.33. The van der Waals surface area contributed by atoms with E-state index in [0.29, 0.717) is 18.5 Å². The Morgan fingerprint density at radius 2 is 1.92 bits per heavy atom. The van der Waals surface area contributed by atoms with E-state index in [9.17, 15) is 18.0 Å². The van der Waals surface area contributed by atoms with E-state index in [2.05, 4.69) is 5.32 Å². The number of benzene rings is 1. The van der Waals surface area contributed by atoms with Gasteiger partial charge in [-0.2, -0.15) is 13.2 Å². The molecule has 1 aromatic rings. The Balaban J connectivity index is 0.00000288. The Kier molecular flexibility index (Phi) is 6.70. The van der Waals surface area contributed by atoms with Crippen molar-refractivity contribution in [2.75, 3.05) is 6.54 Å². The summed E-state index contributed by atoms with van der Waals surface area (Å²) in [7, 11) is 0. The molecule has 136 valence electrons. The fourth-order valence-corrected chi connectivity index (χ4v) is 2.69. The Hall–Kier alpha value is -1.27. The maximum absolute atomic E-state index is 12.7. The van der Waals surface area contributed by atoms with Gasteiger partial charge in [-0.25, -0.2) is 0 Å². The van der Waals surface area contributed by atoms with E-state index in [1.165, 1.54) is 6.07 Å². The van der Waals surface area contributed by atoms with E-state index < -0.39 is 17.3 Å². The number of nitrogens with two attached hydrogens (primary N) is 1. The number of halogens is 4. The molecule has 3 N–H and O–H groups in total. The van der Waals surface area contributed by atoms with Gasteiger partial charge >= 0.3 is 6.18 Å². The van der Waals surface area contributed by atoms with Gasteiger partial charge in [-0.15, -0.1) is 12.4 Å². The molecule has 0 spiro atoms. The number of nitrogens with one attached hydrogen (secondary N) is 1. The van der Waals surface area contributed by atoms with E-state index in [1.807, 2.05) is 13.8 Å². The molecule has 2 rings (SSSR count). The zero-order valence-electron chi connectivity index (χ0n) is 13.8. The molecular weight excluding hydrogens is 341 g/mol. The van der Waals surface area contributed by atoms with E-state index in [-0.39, 0.29) is 30.2 Å². The minimum atomic E-state index is -4.36. The zero-order valence-corrected chi connectivity index (χ0v) is 14.6. The number of amides is 1. The molecule has 7 heteroatoms. The molecule has 0 radical (unpaired) electrons. The largest absolute Gasteiger partial charge is 0.416 e. The molecular formula is C17H24ClF3N2O. The second-order valence-corrected chi connectivity index (χ2v) is 6.36. The molecule has 1 aliphatic rings. The van der Waals surface area contributed by atoms with E-state index in [4.69, 9.17) is 5.73 Å². The third-order valence-electron chi connectivity index (χ3n) is 4.79. The maximum atomic E-state index is 12.7. The minimum absolute atomic E-state index is 0. The summed E-state index contributed by atoms with van der Waals surface area (Å²) in [6.07, 6.45) is -2.26. The van der Waals surface area contributed by atoms with Crippen molar-refractivity contribution in [1.29, 1.82) is 0 Å². The highest BCUT2D eigenvalue weighted by Gasteiger charge is 2.45. The molecule has 1 saturated carbocycles. The number of alkyl halides is 3. The van der Waals surface area contributed by atoms with Crippen molar-refractivity contribution in [3.05, 3.63) is 35.4 Å². The van der Waals surface area contributed by atoms with Gasteiger partial charge < -0.3 is 11.1 Å². The summed E-state index contributed by atoms with van der Waals surface area (Å²) in [4.78, 5) is 12.2. The molecule has 0 bridgehead atoms. The first-order chi connectivity index (χ1) is 10.7. The fraction of sp³-hybridized carbons (Fsp3) is 0.588. The molecule has 0 aliphatic heterocycles. The lowest BCUT2D eigenvalue weighted by atomic mass is 9.94. The number of hydrogen-bond donors (Lipinski definition) is 2. The van der Waals surface area contributed by atoms with E-state index >= 15 is 0 Å². The maximum Gasteiger partial charge on any atom is 0.416 e. The van der Waals surface area contributed by atoms with Gasteiger partial charge in [-0.05, 0) is 36.8 Å². The van der Waals surface area contributed by atoms with Crippen molar-refractivity contribution in [3.8, 4) is 0 Å². The van der Waals surface area contributed by atoms with Crippen LogP contribution in [0.5, 0.6) is 0 Å². The summed E-state index contributed by atoms with van der Waals surface area (Å²) >= 11 is 0. The number of carbonyl (C=O) groups excluding carboxylic acids is 1. The van der Waals surface area contributed by atoms with Crippen LogP contribution >= 0.6 is 12.4 Å². The molecule has 24 heavy (non-hydrogen) atoms. The summed E-state index contributed by atoms with van der Waals surface area (Å²) in [5.74, 6) is -0.506. The van der Waals surface area contributed by atoms with Crippen molar-refractivity contribution in [2.45, 2.75) is 50.7 Å². The number of carbonyl (C=O) groups is 1. The number of hydrogen-bond acceptors (Lipinski definition) is 2. The SMILES string of the molecule is CCC(N)(CC)CNC(=O)C1CC1c1cccc(C(F)(F)F)c1.Cl. The first-order valence-electron chi connectivity index (χ1n) is 7.94. The highest BCUT2D eigenvalue weighted by molar-refractivity contribution is 5.85. The third-order valence-corrected chi connectivity index (χ3v) is 4.79. The summed E-state index contributed by atoms with van der Waals surface area (Å²) in [6, 6.07) is 5.23. The molecule has 0 saturated heterocycles. The first-order valence-corrected chi connectivity index (χ1v) is 7.94. The monoisotopic (exact) mass is 364 g/mol. The summed E-state index contributed by atoms with van der Waals surface area (Å²) in [5.41, 5.74) is 5.63. The predicted molar refractivity (Wildman–Crippen MR) is 90.1 cm³/mol. The molecule has 1 amide bonds. The summed E-state index contributed by atoms with van der Waals surface area (Å²) < 4.78 is 38.2. The van der Waals surface area contributed by atoms with Crippen LogP contribution in [0.1, 0.15) is 50.2 Å². The van der Waals surface area contributed by atoms with Crippen LogP contribution in [0.25, 0.3) is 0 Å². The smallest absolute Gasteiger partial charge is 0.354 e. The van der Waals surface area contributed by atoms with Gasteiger partial charge in [0, 0.05) is 18.0 Å². The van der Waals surface area contributed by atoms with Crippen molar-refractivity contribution in [1.82, 2.24) is 5.32 Å². The zero-order chi connectivity index (χ0) is 17.3. The summed E-state index contributed by atoms with van der Waals surface area (Å²) in [5, 5.41) is 2.85. The van der Waals surface area contributed by atoms with Gasteiger partial charge in [0.15, 0.2) is 0 Å². The van der Waals surface area contributed by atoms with Crippen molar-refractivity contribution < 1.29 is 18.0 Å². The lowest BCUT2D eigenvalue weighted by molar-refractivity contribution is -0.137. The van der Waals surface area contributed by atoms with Crippen molar-refractivity contribution >= 4 is 18.3 Å². The number of rotatable bonds is 6. The average Bonchev–Trinajstić information content (AvgIpc) is 3.32. The van der Waals surface area contributed by atoms with Crippen LogP contribution in [-0.4, -0.2) is 18.0 Å². The molecule has 1 aromatic carbocycles. The van der Waals surface area contributed by atoms with Crippen LogP contribution < -0.4 is 11.1 Å². The van der Waals surface area contributed by atoms with Gasteiger partial charge in [0.1, 0.15) is 0 Å². The van der Waals surface area contributed by atoms with E-state index in [0.717, 1.165) is 25.0 Å². The Morgan fingerprint density at radius 3 is 2.46 bits per heavy atom. The second-order valence-electron chi connectivity index (χ2n) is 6.36. The molecule has 2 atom stereocenters. The van der Waals surface area contributed by atoms with E-state index in [1.54, 1.807) is 6.07 Å². The first kappa shape index (κ1) is 20.8. The van der Waals surface area contributed by atoms with Crippen LogP contribution in [-0.2, 0) is 11.0 Å². The van der Waals surface area contributed by atoms with Gasteiger partial charge in [-0.3, -0.25) is 4.79 Å². The topological polar surface area (TPSA) is 55.1 Å². The lowest BCUT2D eigenvalue weighted by Crippen LogP contribution is -2.49. The van der Waals surface area contributed by atoms with Gasteiger partial charge in [0.25, 0.3) is 0 Å². The standard InChI is InChI=1S/C17H23F3N2O.ClH/c1-3-16(21,4-2)10-22-15(23)14-9-13(14)11-6-5-7-12(8-11)17(18,19)20;/h5-8,13-14H,3-4,9-10,21H2,1-2H3,(H,22,23);1H. The minimum Gasteiger partial charge on any atom is -0.354 e. The highest BCUT2D eigenvalue weighted by Crippen LogP contribution is 2.48. The van der Waals surface area contributed by atoms with Crippen LogP contribution in [0.4, 0.5) is 13.2 Å². The quantitative estimate of drug-likeness (QED) is 0.805. The van der Waals surface area contributed by atoms with Crippen LogP contribution in [0, 0.1) is 5.92 Å². The third kappa shape index (κ3) is 4.86. The predicted octanol–water partition coefficient (Wildman–Crippen LogP) is 3.86. The van der Waals surface area contributed by atoms with Gasteiger partial charge in [0.2, 0.25) is 5.91 Å². The van der Waals surface area contributed by atoms with Gasteiger partial charge in [0.05, 0.1) is 5.56 Å². The average molecular weight is 365 g/mol. The molecule has 1 aliphatic carbocycles. The second kappa shape index (κ2) is 7.74.